The minimum absolute atomic E-state index is 0.203. The van der Waals surface area contributed by atoms with Crippen LogP contribution in [0, 0.1) is 0 Å². The van der Waals surface area contributed by atoms with Crippen LogP contribution in [0.25, 0.3) is 11.0 Å². The van der Waals surface area contributed by atoms with Gasteiger partial charge in [0.2, 0.25) is 0 Å². The number of carbonyl (C=O) groups excluding carboxylic acids is 1. The first-order chi connectivity index (χ1) is 11.0. The normalized spacial score (nSPS) is 10.9. The Morgan fingerprint density at radius 2 is 1.83 bits per heavy atom. The third kappa shape index (κ3) is 2.98. The molecule has 0 saturated carbocycles. The Kier molecular flexibility index (Phi) is 4.15. The number of esters is 1. The van der Waals surface area contributed by atoms with Crippen molar-refractivity contribution < 1.29 is 9.53 Å². The molecule has 0 fully saturated rings. The van der Waals surface area contributed by atoms with Gasteiger partial charge < -0.3 is 4.74 Å². The second-order valence-electron chi connectivity index (χ2n) is 4.97. The second-order valence-corrected chi connectivity index (χ2v) is 5.81. The van der Waals surface area contributed by atoms with Crippen molar-refractivity contribution >= 4 is 40.2 Å². The van der Waals surface area contributed by atoms with Crippen molar-refractivity contribution in [3.05, 3.63) is 63.0 Å². The largest absolute Gasteiger partial charge is 0.424 e. The van der Waals surface area contributed by atoms with E-state index in [2.05, 4.69) is 0 Å². The van der Waals surface area contributed by atoms with Crippen LogP contribution in [0.15, 0.2) is 47.3 Å². The van der Waals surface area contributed by atoms with E-state index in [0.717, 1.165) is 5.52 Å². The van der Waals surface area contributed by atoms with Crippen molar-refractivity contribution in [2.45, 2.75) is 6.54 Å². The molecular weight excluding hydrogens is 339 g/mol. The van der Waals surface area contributed by atoms with Crippen molar-refractivity contribution in [3.8, 4) is 5.75 Å². The number of imidazole rings is 1. The molecule has 1 aromatic heterocycles. The summed E-state index contributed by atoms with van der Waals surface area (Å²) in [7, 11) is 1.66. The van der Waals surface area contributed by atoms with E-state index in [9.17, 15) is 9.59 Å². The van der Waals surface area contributed by atoms with Crippen LogP contribution >= 0.6 is 23.2 Å². The lowest BCUT2D eigenvalue weighted by Crippen LogP contribution is -2.27. The Hall–Kier alpha value is -2.24. The van der Waals surface area contributed by atoms with Crippen molar-refractivity contribution in [3.63, 3.8) is 0 Å². The first-order valence-electron chi connectivity index (χ1n) is 6.77. The number of aryl methyl sites for hydroxylation is 1. The number of ether oxygens (including phenoxy) is 1. The van der Waals surface area contributed by atoms with Gasteiger partial charge in [-0.1, -0.05) is 35.3 Å². The fourth-order valence-corrected chi connectivity index (χ4v) is 2.81. The number of rotatable bonds is 3. The summed E-state index contributed by atoms with van der Waals surface area (Å²) in [6, 6.07) is 11.8. The Balaban J connectivity index is 1.89. The molecule has 1 heterocycles. The summed E-state index contributed by atoms with van der Waals surface area (Å²) in [6.45, 7) is -0.209. The van der Waals surface area contributed by atoms with E-state index >= 15 is 0 Å². The van der Waals surface area contributed by atoms with Crippen LogP contribution in [0.5, 0.6) is 5.75 Å². The third-order valence-corrected chi connectivity index (χ3v) is 3.99. The maximum atomic E-state index is 12.3. The van der Waals surface area contributed by atoms with E-state index in [4.69, 9.17) is 27.9 Å². The van der Waals surface area contributed by atoms with Gasteiger partial charge in [-0.05, 0) is 30.3 Å². The number of halogens is 2. The SMILES string of the molecule is Cn1c(=O)n(CC(=O)Oc2ccc(Cl)cc2Cl)c2ccccc21. The zero-order valence-electron chi connectivity index (χ0n) is 12.1. The van der Waals surface area contributed by atoms with E-state index in [0.29, 0.717) is 10.5 Å². The molecule has 5 nitrogen and oxygen atoms in total. The van der Waals surface area contributed by atoms with Gasteiger partial charge in [-0.25, -0.2) is 9.59 Å². The Bertz CT molecular complexity index is 960. The molecule has 3 aromatic rings. The highest BCUT2D eigenvalue weighted by Crippen LogP contribution is 2.27. The number of hydrogen-bond acceptors (Lipinski definition) is 3. The maximum absolute atomic E-state index is 12.3. The predicted molar refractivity (Wildman–Crippen MR) is 89.3 cm³/mol. The van der Waals surface area contributed by atoms with Crippen LogP contribution in [0.2, 0.25) is 10.0 Å². The highest BCUT2D eigenvalue weighted by Gasteiger charge is 2.15. The van der Waals surface area contributed by atoms with Gasteiger partial charge in [0.25, 0.3) is 0 Å². The van der Waals surface area contributed by atoms with Crippen LogP contribution < -0.4 is 10.4 Å². The first-order valence-corrected chi connectivity index (χ1v) is 7.53. The summed E-state index contributed by atoms with van der Waals surface area (Å²) in [4.78, 5) is 24.4. The topological polar surface area (TPSA) is 53.2 Å². The standard InChI is InChI=1S/C16H12Cl2N2O3/c1-19-12-4-2-3-5-13(12)20(16(19)22)9-15(21)23-14-7-6-10(17)8-11(14)18/h2-8H,9H2,1H3. The molecule has 0 aliphatic rings. The molecule has 118 valence electrons. The second kappa shape index (κ2) is 6.10. The smallest absolute Gasteiger partial charge is 0.331 e. The molecule has 0 spiro atoms. The van der Waals surface area contributed by atoms with Crippen LogP contribution in [0.1, 0.15) is 0 Å². The number of carbonyl (C=O) groups is 1. The highest BCUT2D eigenvalue weighted by molar-refractivity contribution is 6.35. The minimum Gasteiger partial charge on any atom is -0.424 e. The fourth-order valence-electron chi connectivity index (χ4n) is 2.36. The lowest BCUT2D eigenvalue weighted by atomic mass is 10.3. The number of aromatic nitrogens is 2. The summed E-state index contributed by atoms with van der Waals surface area (Å²) in [5.41, 5.74) is 1.12. The highest BCUT2D eigenvalue weighted by atomic mass is 35.5. The van der Waals surface area contributed by atoms with Gasteiger partial charge >= 0.3 is 11.7 Å². The van der Waals surface area contributed by atoms with Crippen molar-refractivity contribution in [2.24, 2.45) is 7.05 Å². The van der Waals surface area contributed by atoms with E-state index in [-0.39, 0.29) is 23.0 Å². The molecule has 0 unspecified atom stereocenters. The molecule has 0 radical (unpaired) electrons. The summed E-state index contributed by atoms with van der Waals surface area (Å²) >= 11 is 11.8. The lowest BCUT2D eigenvalue weighted by Gasteiger charge is -2.07. The van der Waals surface area contributed by atoms with Crippen molar-refractivity contribution in [1.82, 2.24) is 9.13 Å². The molecule has 0 aliphatic carbocycles. The number of hydrogen-bond donors (Lipinski definition) is 0. The molecule has 23 heavy (non-hydrogen) atoms. The van der Waals surface area contributed by atoms with Crippen LogP contribution in [-0.2, 0) is 18.4 Å². The molecule has 0 N–H and O–H groups in total. The monoisotopic (exact) mass is 350 g/mol. The molecule has 3 rings (SSSR count). The van der Waals surface area contributed by atoms with Crippen LogP contribution in [-0.4, -0.2) is 15.1 Å². The van der Waals surface area contributed by atoms with E-state index < -0.39 is 5.97 Å². The molecule has 7 heteroatoms. The molecule has 2 aromatic carbocycles. The van der Waals surface area contributed by atoms with Crippen LogP contribution in [0.4, 0.5) is 0 Å². The molecule has 0 saturated heterocycles. The number of nitrogens with zero attached hydrogens (tertiary/aromatic N) is 2. The average Bonchev–Trinajstić information content (AvgIpc) is 2.76. The summed E-state index contributed by atoms with van der Waals surface area (Å²) in [5.74, 6) is -0.387. The molecular formula is C16H12Cl2N2O3. The van der Waals surface area contributed by atoms with Gasteiger partial charge in [-0.2, -0.15) is 0 Å². The Morgan fingerprint density at radius 3 is 2.52 bits per heavy atom. The van der Waals surface area contributed by atoms with Gasteiger partial charge in [0, 0.05) is 12.1 Å². The van der Waals surface area contributed by atoms with E-state index in [1.807, 2.05) is 12.1 Å². The fraction of sp³-hybridized carbons (Fsp3) is 0.125. The molecule has 0 atom stereocenters. The van der Waals surface area contributed by atoms with Gasteiger partial charge in [-0.3, -0.25) is 9.13 Å². The Morgan fingerprint density at radius 1 is 1.13 bits per heavy atom. The average molecular weight is 351 g/mol. The zero-order valence-corrected chi connectivity index (χ0v) is 13.6. The summed E-state index contributed by atoms with van der Waals surface area (Å²) < 4.78 is 8.07. The van der Waals surface area contributed by atoms with E-state index in [1.165, 1.54) is 21.3 Å². The summed E-state index contributed by atoms with van der Waals surface area (Å²) in [6.07, 6.45) is 0. The van der Waals surface area contributed by atoms with Crippen LogP contribution in [0.3, 0.4) is 0 Å². The molecule has 0 aliphatic heterocycles. The van der Waals surface area contributed by atoms with Gasteiger partial charge in [0.15, 0.2) is 0 Å². The number of para-hydroxylation sites is 2. The molecule has 0 amide bonds. The molecule has 0 bridgehead atoms. The third-order valence-electron chi connectivity index (χ3n) is 3.46. The van der Waals surface area contributed by atoms with Crippen molar-refractivity contribution in [2.75, 3.05) is 0 Å². The van der Waals surface area contributed by atoms with Gasteiger partial charge in [0.1, 0.15) is 12.3 Å². The zero-order chi connectivity index (χ0) is 16.6. The number of fused-ring (bicyclic) bond motifs is 1. The number of benzene rings is 2. The van der Waals surface area contributed by atoms with E-state index in [1.54, 1.807) is 25.2 Å². The maximum Gasteiger partial charge on any atom is 0.331 e. The minimum atomic E-state index is -0.590. The summed E-state index contributed by atoms with van der Waals surface area (Å²) in [5, 5.41) is 0.677. The quantitative estimate of drug-likeness (QED) is 0.538. The first kappa shape index (κ1) is 15.6. The lowest BCUT2D eigenvalue weighted by molar-refractivity contribution is -0.135. The van der Waals surface area contributed by atoms with Gasteiger partial charge in [-0.15, -0.1) is 0 Å². The predicted octanol–water partition coefficient (Wildman–Crippen LogP) is 3.25. The van der Waals surface area contributed by atoms with Crippen molar-refractivity contribution in [1.29, 1.82) is 0 Å². The Labute approximate surface area is 141 Å². The van der Waals surface area contributed by atoms with Gasteiger partial charge in [0.05, 0.1) is 16.1 Å².